The van der Waals surface area contributed by atoms with Crippen LogP contribution in [-0.2, 0) is 6.18 Å². The number of benzene rings is 10. The normalized spacial score (nSPS) is 11.4. The smallest absolute Gasteiger partial charge is 0.309 e. The van der Waals surface area contributed by atoms with Crippen LogP contribution in [0.5, 0.6) is 0 Å². The average Bonchev–Trinajstić information content (AvgIpc) is 4.06. The van der Waals surface area contributed by atoms with Crippen molar-refractivity contribution in [2.75, 3.05) is 0 Å². The van der Waals surface area contributed by atoms with E-state index in [1.54, 1.807) is 30.3 Å². The Kier molecular flexibility index (Phi) is 11.6. The lowest BCUT2D eigenvalue weighted by Crippen LogP contribution is -2.08. The number of hydrogen-bond acceptors (Lipinski definition) is 5. The molecule has 0 atom stereocenters. The number of halogens is 3. The molecular weight excluding hydrogens is 1000 g/mol. The van der Waals surface area contributed by atoms with Crippen LogP contribution in [0.3, 0.4) is 0 Å². The molecule has 0 unspecified atom stereocenters. The van der Waals surface area contributed by atoms with E-state index < -0.39 is 11.7 Å². The summed E-state index contributed by atoms with van der Waals surface area (Å²) in [5.74, 6) is 1.28. The second kappa shape index (κ2) is 19.3. The van der Waals surface area contributed by atoms with Gasteiger partial charge in [-0.1, -0.05) is 146 Å². The average molecular weight is 1040 g/mol. The van der Waals surface area contributed by atoms with E-state index in [1.165, 1.54) is 18.2 Å². The summed E-state index contributed by atoms with van der Waals surface area (Å²) in [7, 11) is 0. The molecule has 3 aromatic heterocycles. The Morgan fingerprint density at radius 3 is 1.29 bits per heavy atom. The van der Waals surface area contributed by atoms with Crippen LogP contribution in [0.25, 0.3) is 132 Å². The molecule has 0 fully saturated rings. The molecule has 0 bridgehead atoms. The quantitative estimate of drug-likeness (QED) is 0.141. The molecule has 0 aliphatic carbocycles. The van der Waals surface area contributed by atoms with E-state index >= 15 is 13.2 Å². The van der Waals surface area contributed by atoms with Crippen LogP contribution in [0, 0.1) is 35.8 Å². The van der Waals surface area contributed by atoms with Gasteiger partial charge < -0.3 is 9.13 Å². The maximum Gasteiger partial charge on any atom is 0.416 e. The van der Waals surface area contributed by atoms with Crippen molar-refractivity contribution in [2.45, 2.75) is 6.18 Å². The molecule has 0 N–H and O–H groups in total. The minimum absolute atomic E-state index is 0.266. The number of nitrogens with zero attached hydrogens (tertiary/aromatic N) is 9. The summed E-state index contributed by atoms with van der Waals surface area (Å²) in [6, 6.07) is 70.5. The van der Waals surface area contributed by atoms with E-state index in [2.05, 4.69) is 26.4 Å². The Balaban J connectivity index is 1.11. The fraction of sp³-hybridized carbons (Fsp3) is 0.0147. The van der Waals surface area contributed by atoms with Crippen molar-refractivity contribution in [1.29, 1.82) is 10.5 Å². The molecule has 0 amide bonds. The van der Waals surface area contributed by atoms with E-state index in [0.717, 1.165) is 60.9 Å². The monoisotopic (exact) mass is 1040 g/mol. The summed E-state index contributed by atoms with van der Waals surface area (Å²) in [6.07, 6.45) is -4.71. The van der Waals surface area contributed by atoms with Crippen molar-refractivity contribution >= 4 is 55.0 Å². The Hall–Kier alpha value is -11.4. The molecule has 13 aromatic rings. The van der Waals surface area contributed by atoms with Gasteiger partial charge in [0.05, 0.1) is 75.4 Å². The maximum absolute atomic E-state index is 15.3. The molecule has 0 saturated carbocycles. The highest BCUT2D eigenvalue weighted by molar-refractivity contribution is 6.13. The first-order chi connectivity index (χ1) is 39.1. The van der Waals surface area contributed by atoms with Gasteiger partial charge in [0.15, 0.2) is 28.8 Å². The van der Waals surface area contributed by atoms with E-state index in [0.29, 0.717) is 84.5 Å². The zero-order valence-corrected chi connectivity index (χ0v) is 41.9. The van der Waals surface area contributed by atoms with Gasteiger partial charge in [0.1, 0.15) is 0 Å². The van der Waals surface area contributed by atoms with Gasteiger partial charge in [0.2, 0.25) is 0 Å². The Labute approximate surface area is 455 Å². The molecule has 3 heterocycles. The Bertz CT molecular complexity index is 4750. The zero-order valence-electron chi connectivity index (χ0n) is 41.9. The highest BCUT2D eigenvalue weighted by atomic mass is 19.4. The standard InChI is InChI=1S/C68H36F3N9/c1-74-51-32-49(33-52(38-51)75-2)46-23-28-61-58(35-46)53-17-9-11-19-59(53)79(61)63-36-47(67-77-65(43-13-5-3-6-14-43)76-66(78-67)44-15-7-4-8-16-44)21-25-55(63)56-26-24-50(68(69,70)71)37-64(56)80-60-20-12-10-18-54(60)57-34-45(22-27-62(57)80)48-30-41(39-72)29-42(31-48)40-73/h3-38H. The van der Waals surface area contributed by atoms with Gasteiger partial charge in [-0.3, -0.25) is 0 Å². The minimum atomic E-state index is -4.71. The van der Waals surface area contributed by atoms with E-state index in [4.69, 9.17) is 28.1 Å². The summed E-state index contributed by atoms with van der Waals surface area (Å²) in [4.78, 5) is 22.4. The lowest BCUT2D eigenvalue weighted by molar-refractivity contribution is -0.137. The van der Waals surface area contributed by atoms with E-state index in [1.807, 2.05) is 168 Å². The van der Waals surface area contributed by atoms with E-state index in [9.17, 15) is 10.5 Å². The number of nitriles is 2. The minimum Gasteiger partial charge on any atom is -0.309 e. The number of fused-ring (bicyclic) bond motifs is 6. The molecule has 0 radical (unpaired) electrons. The van der Waals surface area contributed by atoms with Crippen LogP contribution in [0.4, 0.5) is 24.5 Å². The van der Waals surface area contributed by atoms with Gasteiger partial charge in [-0.05, 0) is 95.1 Å². The molecular formula is C68H36F3N9. The summed E-state index contributed by atoms with van der Waals surface area (Å²) in [6.45, 7) is 15.5. The first kappa shape index (κ1) is 48.2. The number of hydrogen-bond donors (Lipinski definition) is 0. The predicted molar refractivity (Wildman–Crippen MR) is 308 cm³/mol. The summed E-state index contributed by atoms with van der Waals surface area (Å²) in [5.41, 5.74) is 10.4. The van der Waals surface area contributed by atoms with E-state index in [-0.39, 0.29) is 5.69 Å². The first-order valence-corrected chi connectivity index (χ1v) is 25.2. The largest absolute Gasteiger partial charge is 0.416 e. The number of para-hydroxylation sites is 2. The van der Waals surface area contributed by atoms with Crippen LogP contribution < -0.4 is 0 Å². The molecule has 13 rings (SSSR count). The highest BCUT2D eigenvalue weighted by Gasteiger charge is 2.33. The van der Waals surface area contributed by atoms with Crippen LogP contribution in [0.1, 0.15) is 16.7 Å². The lowest BCUT2D eigenvalue weighted by atomic mass is 9.96. The van der Waals surface area contributed by atoms with Gasteiger partial charge in [-0.25, -0.2) is 24.6 Å². The zero-order chi connectivity index (χ0) is 54.6. The van der Waals surface area contributed by atoms with Crippen molar-refractivity contribution in [3.63, 3.8) is 0 Å². The molecule has 80 heavy (non-hydrogen) atoms. The molecule has 0 saturated heterocycles. The van der Waals surface area contributed by atoms with Crippen molar-refractivity contribution in [3.8, 4) is 91.1 Å². The van der Waals surface area contributed by atoms with Crippen LogP contribution in [-0.4, -0.2) is 24.1 Å². The topological polar surface area (TPSA) is 105 Å². The second-order valence-corrected chi connectivity index (χ2v) is 19.2. The van der Waals surface area contributed by atoms with Crippen LogP contribution in [0.15, 0.2) is 218 Å². The second-order valence-electron chi connectivity index (χ2n) is 19.2. The molecule has 0 spiro atoms. The SMILES string of the molecule is [C-]#[N+]c1cc([N+]#[C-])cc(-c2ccc3c(c2)c2ccccc2n3-c2cc(-c3nc(-c4ccccc4)nc(-c4ccccc4)n3)ccc2-c2ccc(C(F)(F)F)cc2-n2c3ccccc3c3cc(-c4cc(C#N)cc(C#N)c4)ccc32)c1. The third kappa shape index (κ3) is 8.40. The van der Waals surface area contributed by atoms with Gasteiger partial charge in [-0.2, -0.15) is 23.7 Å². The molecule has 9 nitrogen and oxygen atoms in total. The Morgan fingerprint density at radius 1 is 0.375 bits per heavy atom. The van der Waals surface area contributed by atoms with Crippen LogP contribution >= 0.6 is 0 Å². The fourth-order valence-electron chi connectivity index (χ4n) is 10.8. The number of rotatable bonds is 8. The van der Waals surface area contributed by atoms with Crippen LogP contribution in [0.2, 0.25) is 0 Å². The molecule has 10 aromatic carbocycles. The first-order valence-electron chi connectivity index (χ1n) is 25.2. The number of alkyl halides is 3. The van der Waals surface area contributed by atoms with Crippen molar-refractivity contribution < 1.29 is 13.2 Å². The summed E-state index contributed by atoms with van der Waals surface area (Å²) in [5, 5.41) is 23.0. The van der Waals surface area contributed by atoms with Crippen molar-refractivity contribution in [2.24, 2.45) is 0 Å². The number of aromatic nitrogens is 5. The summed E-state index contributed by atoms with van der Waals surface area (Å²) >= 11 is 0. The highest BCUT2D eigenvalue weighted by Crippen LogP contribution is 2.45. The lowest BCUT2D eigenvalue weighted by Gasteiger charge is -2.21. The van der Waals surface area contributed by atoms with Crippen molar-refractivity contribution in [1.82, 2.24) is 24.1 Å². The molecule has 0 aliphatic heterocycles. The van der Waals surface area contributed by atoms with Gasteiger partial charge >= 0.3 is 6.18 Å². The van der Waals surface area contributed by atoms with Gasteiger partial charge in [0, 0.05) is 49.4 Å². The molecule has 0 aliphatic rings. The predicted octanol–water partition coefficient (Wildman–Crippen LogP) is 17.9. The Morgan fingerprint density at radius 2 is 0.800 bits per heavy atom. The third-order valence-electron chi connectivity index (χ3n) is 14.4. The molecule has 12 heteroatoms. The van der Waals surface area contributed by atoms with Gasteiger partial charge in [-0.15, -0.1) is 0 Å². The third-order valence-corrected chi connectivity index (χ3v) is 14.4. The molecule has 374 valence electrons. The maximum atomic E-state index is 15.3. The van der Waals surface area contributed by atoms with Gasteiger partial charge in [0.25, 0.3) is 0 Å². The summed E-state index contributed by atoms with van der Waals surface area (Å²) < 4.78 is 49.8. The van der Waals surface area contributed by atoms with Crippen molar-refractivity contribution in [3.05, 3.63) is 258 Å². The fourth-order valence-corrected chi connectivity index (χ4v) is 10.8.